The zero-order valence-electron chi connectivity index (χ0n) is 25.1. The van der Waals surface area contributed by atoms with E-state index in [1.165, 1.54) is 0 Å². The number of hydrogen-bond acceptors (Lipinski definition) is 7. The van der Waals surface area contributed by atoms with Crippen LogP contribution in [-0.4, -0.2) is 50.3 Å². The summed E-state index contributed by atoms with van der Waals surface area (Å²) < 4.78 is 6.17. The number of nitrogens with two attached hydrogens (primary N) is 1. The third-order valence-electron chi connectivity index (χ3n) is 8.57. The molecular weight excluding hydrogens is 542 g/mol. The summed E-state index contributed by atoms with van der Waals surface area (Å²) in [5, 5.41) is 42.8. The smallest absolute Gasteiger partial charge is 0.161 e. The number of ether oxygens (including phenoxy) is 1. The van der Waals surface area contributed by atoms with Crippen molar-refractivity contribution in [1.29, 1.82) is 0 Å². The van der Waals surface area contributed by atoms with Gasteiger partial charge < -0.3 is 35.9 Å². The number of nitrogen functional groups attached to an aromatic ring is 1. The van der Waals surface area contributed by atoms with Gasteiger partial charge in [0.2, 0.25) is 0 Å². The van der Waals surface area contributed by atoms with Crippen molar-refractivity contribution in [3.8, 4) is 23.3 Å². The number of rotatable bonds is 13. The number of aromatic nitrogens is 2. The van der Waals surface area contributed by atoms with Crippen LogP contribution in [0.4, 0.5) is 5.82 Å². The van der Waals surface area contributed by atoms with Crippen molar-refractivity contribution in [2.24, 2.45) is 11.8 Å². The summed E-state index contributed by atoms with van der Waals surface area (Å²) in [7, 11) is 0. The van der Waals surface area contributed by atoms with E-state index >= 15 is 0 Å². The van der Waals surface area contributed by atoms with Gasteiger partial charge in [-0.15, -0.1) is 5.92 Å². The fraction of sp³-hybridized carbons (Fsp3) is 0.514. The Bertz CT molecular complexity index is 1320. The van der Waals surface area contributed by atoms with E-state index in [-0.39, 0.29) is 29.9 Å². The molecule has 2 aromatic heterocycles. The molecule has 1 aliphatic rings. The van der Waals surface area contributed by atoms with Crippen molar-refractivity contribution >= 4 is 5.82 Å². The first-order valence-electron chi connectivity index (χ1n) is 15.6. The second-order valence-corrected chi connectivity index (χ2v) is 11.8. The molecule has 4 rings (SSSR count). The van der Waals surface area contributed by atoms with E-state index in [0.29, 0.717) is 50.3 Å². The van der Waals surface area contributed by atoms with Crippen molar-refractivity contribution in [3.05, 3.63) is 71.7 Å². The predicted molar refractivity (Wildman–Crippen MR) is 168 cm³/mol. The lowest BCUT2D eigenvalue weighted by Gasteiger charge is -2.27. The van der Waals surface area contributed by atoms with Gasteiger partial charge in [0.05, 0.1) is 18.8 Å². The maximum atomic E-state index is 11.1. The Kier molecular flexibility index (Phi) is 12.3. The Morgan fingerprint density at radius 1 is 1.16 bits per heavy atom. The van der Waals surface area contributed by atoms with Crippen LogP contribution in [0.15, 0.2) is 54.9 Å². The van der Waals surface area contributed by atoms with Gasteiger partial charge in [-0.05, 0) is 86.3 Å². The van der Waals surface area contributed by atoms with E-state index in [9.17, 15) is 20.4 Å². The highest BCUT2D eigenvalue weighted by Crippen LogP contribution is 2.33. The highest BCUT2D eigenvalue weighted by Gasteiger charge is 2.27. The average molecular weight is 589 g/mol. The fourth-order valence-electron chi connectivity index (χ4n) is 5.95. The van der Waals surface area contributed by atoms with E-state index in [4.69, 9.17) is 10.5 Å². The zero-order valence-corrected chi connectivity index (χ0v) is 25.1. The van der Waals surface area contributed by atoms with Gasteiger partial charge in [0, 0.05) is 24.5 Å². The molecule has 8 heteroatoms. The first-order valence-corrected chi connectivity index (χ1v) is 15.6. The molecule has 0 saturated heterocycles. The molecule has 6 unspecified atom stereocenters. The number of pyridine rings is 1. The van der Waals surface area contributed by atoms with Crippen LogP contribution in [0.5, 0.6) is 11.5 Å². The molecule has 0 aliphatic heterocycles. The summed E-state index contributed by atoms with van der Waals surface area (Å²) >= 11 is 0. The molecule has 6 N–H and O–H groups in total. The quantitative estimate of drug-likeness (QED) is 0.180. The number of aliphatic hydroxyl groups excluding tert-OH is 3. The Hall–Kier alpha value is -3.51. The highest BCUT2D eigenvalue weighted by molar-refractivity contribution is 5.42. The third-order valence-corrected chi connectivity index (χ3v) is 8.57. The minimum atomic E-state index is -0.703. The SMILES string of the molecule is CCC1C#CCC(C(O)CCc2ccc(O)c(OC(CO)CC(Cc3ccc[n-]3)c3ccnc(N)c3)c2)C(O)CCCC1. The normalized spacial score (nSPS) is 21.3. The molecule has 232 valence electrons. The number of nitrogens with zero attached hydrogens (tertiary/aromatic N) is 2. The summed E-state index contributed by atoms with van der Waals surface area (Å²) in [5.41, 5.74) is 8.74. The van der Waals surface area contributed by atoms with Crippen LogP contribution in [0.1, 0.15) is 81.0 Å². The second kappa shape index (κ2) is 16.4. The minimum absolute atomic E-state index is 0.0198. The number of aromatic hydroxyl groups is 1. The van der Waals surface area contributed by atoms with Gasteiger partial charge in [-0.25, -0.2) is 4.98 Å². The van der Waals surface area contributed by atoms with E-state index in [0.717, 1.165) is 42.5 Å². The lowest BCUT2D eigenvalue weighted by molar-refractivity contribution is 0.00559. The van der Waals surface area contributed by atoms with Crippen LogP contribution in [0.25, 0.3) is 0 Å². The average Bonchev–Trinajstić information content (AvgIpc) is 3.52. The standard InChI is InChI=1S/C35H46N3O5/c1-2-24-7-3-4-11-31(40)30(10-5-8-24)32(41)14-12-25-13-15-33(42)34(19-25)43-29(23-39)21-27(20-28-9-6-17-37-28)26-16-18-38-35(36)22-26/h6,9,13,15-19,22,24,27,29-32,39-42H,2-4,7,10-12,14,20-21,23H2,1H3,(H2,36,38)/q-1. The van der Waals surface area contributed by atoms with Crippen LogP contribution in [-0.2, 0) is 12.8 Å². The van der Waals surface area contributed by atoms with Gasteiger partial charge in [0.25, 0.3) is 0 Å². The summed E-state index contributed by atoms with van der Waals surface area (Å²) in [6.45, 7) is 1.91. The monoisotopic (exact) mass is 588 g/mol. The Balaban J connectivity index is 1.42. The molecular formula is C35H46N3O5-. The molecule has 0 amide bonds. The topological polar surface area (TPSA) is 143 Å². The predicted octanol–water partition coefficient (Wildman–Crippen LogP) is 4.75. The zero-order chi connectivity index (χ0) is 30.6. The van der Waals surface area contributed by atoms with E-state index < -0.39 is 18.3 Å². The number of hydrogen-bond donors (Lipinski definition) is 5. The maximum Gasteiger partial charge on any atom is 0.161 e. The highest BCUT2D eigenvalue weighted by atomic mass is 16.5. The number of anilines is 1. The molecule has 43 heavy (non-hydrogen) atoms. The minimum Gasteiger partial charge on any atom is -0.668 e. The van der Waals surface area contributed by atoms with Gasteiger partial charge in [0.1, 0.15) is 11.9 Å². The Labute approximate surface area is 255 Å². The van der Waals surface area contributed by atoms with Gasteiger partial charge in [0.15, 0.2) is 11.5 Å². The summed E-state index contributed by atoms with van der Waals surface area (Å²) in [5.74, 6) is 7.31. The van der Waals surface area contributed by atoms with Gasteiger partial charge >= 0.3 is 0 Å². The van der Waals surface area contributed by atoms with Crippen LogP contribution >= 0.6 is 0 Å². The summed E-state index contributed by atoms with van der Waals surface area (Å²) in [6, 6.07) is 12.7. The number of aryl methyl sites for hydroxylation is 1. The molecule has 0 radical (unpaired) electrons. The Morgan fingerprint density at radius 2 is 2.00 bits per heavy atom. The van der Waals surface area contributed by atoms with Crippen molar-refractivity contribution in [3.63, 3.8) is 0 Å². The molecule has 1 aliphatic carbocycles. The molecule has 2 heterocycles. The van der Waals surface area contributed by atoms with Crippen LogP contribution in [0, 0.1) is 23.7 Å². The van der Waals surface area contributed by atoms with Crippen LogP contribution < -0.4 is 15.5 Å². The second-order valence-electron chi connectivity index (χ2n) is 11.8. The Morgan fingerprint density at radius 3 is 2.74 bits per heavy atom. The summed E-state index contributed by atoms with van der Waals surface area (Å²) in [4.78, 5) is 8.52. The van der Waals surface area contributed by atoms with E-state index in [1.54, 1.807) is 24.5 Å². The van der Waals surface area contributed by atoms with Crippen molar-refractivity contribution in [2.75, 3.05) is 12.3 Å². The molecule has 1 aromatic carbocycles. The largest absolute Gasteiger partial charge is 0.668 e. The van der Waals surface area contributed by atoms with E-state index in [2.05, 4.69) is 28.7 Å². The number of phenolic OH excluding ortho intramolecular Hbond substituents is 1. The molecule has 0 spiro atoms. The van der Waals surface area contributed by atoms with Crippen LogP contribution in [0.2, 0.25) is 0 Å². The van der Waals surface area contributed by atoms with Crippen molar-refractivity contribution in [1.82, 2.24) is 9.97 Å². The lowest BCUT2D eigenvalue weighted by Crippen LogP contribution is -2.32. The summed E-state index contributed by atoms with van der Waals surface area (Å²) in [6.07, 6.45) is 8.85. The molecule has 0 bridgehead atoms. The fourth-order valence-corrected chi connectivity index (χ4v) is 5.95. The molecule has 0 fully saturated rings. The van der Waals surface area contributed by atoms with Gasteiger partial charge in [-0.2, -0.15) is 11.9 Å². The molecule has 8 nitrogen and oxygen atoms in total. The van der Waals surface area contributed by atoms with E-state index in [1.807, 2.05) is 30.3 Å². The first kappa shape index (κ1) is 32.4. The number of phenols is 1. The number of benzene rings is 1. The van der Waals surface area contributed by atoms with Crippen molar-refractivity contribution < 1.29 is 25.2 Å². The lowest BCUT2D eigenvalue weighted by atomic mass is 9.85. The molecule has 0 saturated carbocycles. The maximum absolute atomic E-state index is 11.1. The van der Waals surface area contributed by atoms with Crippen LogP contribution in [0.3, 0.4) is 0 Å². The third kappa shape index (κ3) is 9.75. The molecule has 6 atom stereocenters. The van der Waals surface area contributed by atoms with Gasteiger partial charge in [-0.1, -0.05) is 43.9 Å². The molecule has 3 aromatic rings. The number of aliphatic hydroxyl groups is 3. The van der Waals surface area contributed by atoms with Crippen molar-refractivity contribution in [2.45, 2.75) is 95.4 Å². The van der Waals surface area contributed by atoms with Gasteiger partial charge in [-0.3, -0.25) is 0 Å². The first-order chi connectivity index (χ1) is 20.9.